The summed E-state index contributed by atoms with van der Waals surface area (Å²) in [5.74, 6) is -1.38. The van der Waals surface area contributed by atoms with Gasteiger partial charge < -0.3 is 15.0 Å². The standard InChI is InChI=1S/C32H32FN3O5S/c1-34-32(38)30(21-24-12-5-3-6-13-24)35(22-25-14-11-15-26(20-25)41-2)31(37)23-36(29-19-10-9-18-28(29)33)42(39,40)27-16-7-4-8-17-27/h3-20,30H,21-23H2,1-2H3,(H,34,38)/t30-/m0/s1. The molecule has 0 heterocycles. The van der Waals surface area contributed by atoms with Gasteiger partial charge in [0.05, 0.1) is 17.7 Å². The van der Waals surface area contributed by atoms with Crippen LogP contribution >= 0.6 is 0 Å². The number of carbonyl (C=O) groups is 2. The molecule has 4 aromatic rings. The zero-order valence-corrected chi connectivity index (χ0v) is 24.1. The number of anilines is 1. The molecule has 0 fully saturated rings. The predicted octanol–water partition coefficient (Wildman–Crippen LogP) is 4.42. The van der Waals surface area contributed by atoms with E-state index in [9.17, 15) is 18.0 Å². The van der Waals surface area contributed by atoms with E-state index in [1.165, 1.54) is 49.4 Å². The first-order valence-electron chi connectivity index (χ1n) is 13.2. The van der Waals surface area contributed by atoms with Crippen LogP contribution < -0.4 is 14.4 Å². The van der Waals surface area contributed by atoms with Crippen molar-refractivity contribution in [1.82, 2.24) is 10.2 Å². The van der Waals surface area contributed by atoms with Crippen molar-refractivity contribution in [3.8, 4) is 5.75 Å². The number of para-hydroxylation sites is 1. The number of halogens is 1. The highest BCUT2D eigenvalue weighted by atomic mass is 32.2. The molecule has 0 unspecified atom stereocenters. The van der Waals surface area contributed by atoms with E-state index in [0.29, 0.717) is 11.3 Å². The Bertz CT molecular complexity index is 1620. The van der Waals surface area contributed by atoms with E-state index in [-0.39, 0.29) is 23.5 Å². The topological polar surface area (TPSA) is 96.0 Å². The predicted molar refractivity (Wildman–Crippen MR) is 159 cm³/mol. The Morgan fingerprint density at radius 3 is 2.12 bits per heavy atom. The monoisotopic (exact) mass is 589 g/mol. The maximum absolute atomic E-state index is 15.1. The van der Waals surface area contributed by atoms with Gasteiger partial charge in [-0.25, -0.2) is 12.8 Å². The largest absolute Gasteiger partial charge is 0.497 e. The van der Waals surface area contributed by atoms with E-state index < -0.39 is 40.2 Å². The smallest absolute Gasteiger partial charge is 0.264 e. The molecular formula is C32H32FN3O5S. The summed E-state index contributed by atoms with van der Waals surface area (Å²) < 4.78 is 48.8. The number of rotatable bonds is 12. The molecule has 0 aromatic heterocycles. The Morgan fingerprint density at radius 2 is 1.48 bits per heavy atom. The molecule has 0 saturated heterocycles. The average molecular weight is 590 g/mol. The quantitative estimate of drug-likeness (QED) is 0.264. The number of nitrogens with zero attached hydrogens (tertiary/aromatic N) is 2. The number of nitrogens with one attached hydrogen (secondary N) is 1. The molecule has 218 valence electrons. The van der Waals surface area contributed by atoms with Crippen molar-refractivity contribution in [1.29, 1.82) is 0 Å². The van der Waals surface area contributed by atoms with Crippen LogP contribution in [0.1, 0.15) is 11.1 Å². The lowest BCUT2D eigenvalue weighted by Gasteiger charge is -2.33. The highest BCUT2D eigenvalue weighted by Gasteiger charge is 2.35. The van der Waals surface area contributed by atoms with Crippen molar-refractivity contribution < 1.29 is 27.1 Å². The molecule has 0 saturated carbocycles. The second-order valence-corrected chi connectivity index (χ2v) is 11.3. The molecule has 1 N–H and O–H groups in total. The number of hydrogen-bond donors (Lipinski definition) is 1. The van der Waals surface area contributed by atoms with E-state index in [0.717, 1.165) is 15.9 Å². The van der Waals surface area contributed by atoms with Crippen LogP contribution in [0.25, 0.3) is 0 Å². The first-order chi connectivity index (χ1) is 20.2. The number of likely N-dealkylation sites (N-methyl/N-ethyl adjacent to an activating group) is 1. The summed E-state index contributed by atoms with van der Waals surface area (Å²) >= 11 is 0. The summed E-state index contributed by atoms with van der Waals surface area (Å²) in [7, 11) is -1.38. The van der Waals surface area contributed by atoms with Gasteiger partial charge >= 0.3 is 0 Å². The van der Waals surface area contributed by atoms with Gasteiger partial charge in [-0.15, -0.1) is 0 Å². The minimum atomic E-state index is -4.37. The Morgan fingerprint density at radius 1 is 0.857 bits per heavy atom. The van der Waals surface area contributed by atoms with Crippen LogP contribution in [0.15, 0.2) is 114 Å². The third kappa shape index (κ3) is 7.13. The summed E-state index contributed by atoms with van der Waals surface area (Å²) in [6, 6.07) is 28.1. The van der Waals surface area contributed by atoms with Gasteiger partial charge in [-0.3, -0.25) is 13.9 Å². The third-order valence-electron chi connectivity index (χ3n) is 6.74. The second kappa shape index (κ2) is 13.8. The SMILES string of the molecule is CNC(=O)[C@H](Cc1ccccc1)N(Cc1cccc(OC)c1)C(=O)CN(c1ccccc1F)S(=O)(=O)c1ccccc1. The lowest BCUT2D eigenvalue weighted by atomic mass is 10.0. The molecule has 0 radical (unpaired) electrons. The molecular weight excluding hydrogens is 557 g/mol. The first kappa shape index (κ1) is 30.3. The van der Waals surface area contributed by atoms with E-state index in [2.05, 4.69) is 5.32 Å². The van der Waals surface area contributed by atoms with Gasteiger partial charge in [0.1, 0.15) is 24.2 Å². The fourth-order valence-corrected chi connectivity index (χ4v) is 6.02. The van der Waals surface area contributed by atoms with Crippen molar-refractivity contribution in [2.75, 3.05) is 25.0 Å². The number of hydrogen-bond acceptors (Lipinski definition) is 5. The second-order valence-electron chi connectivity index (χ2n) is 9.47. The molecule has 42 heavy (non-hydrogen) atoms. The maximum atomic E-state index is 15.1. The Kier molecular flexibility index (Phi) is 9.93. The van der Waals surface area contributed by atoms with Gasteiger partial charge in [0.25, 0.3) is 10.0 Å². The van der Waals surface area contributed by atoms with E-state index in [1.807, 2.05) is 30.3 Å². The molecule has 0 spiro atoms. The fraction of sp³-hybridized carbons (Fsp3) is 0.188. The zero-order valence-electron chi connectivity index (χ0n) is 23.3. The third-order valence-corrected chi connectivity index (χ3v) is 8.51. The number of amides is 2. The molecule has 4 rings (SSSR count). The number of methoxy groups -OCH3 is 1. The number of benzene rings is 4. The molecule has 8 nitrogen and oxygen atoms in total. The van der Waals surface area contributed by atoms with E-state index >= 15 is 4.39 Å². The summed E-state index contributed by atoms with van der Waals surface area (Å²) in [6.45, 7) is -0.776. The van der Waals surface area contributed by atoms with E-state index in [1.54, 1.807) is 42.5 Å². The van der Waals surface area contributed by atoms with Gasteiger partial charge in [0.15, 0.2) is 0 Å². The summed E-state index contributed by atoms with van der Waals surface area (Å²) in [5, 5.41) is 2.63. The minimum Gasteiger partial charge on any atom is -0.497 e. The molecule has 4 aromatic carbocycles. The molecule has 0 aliphatic heterocycles. The highest BCUT2D eigenvalue weighted by Crippen LogP contribution is 2.27. The molecule has 0 aliphatic carbocycles. The summed E-state index contributed by atoms with van der Waals surface area (Å²) in [4.78, 5) is 28.7. The molecule has 1 atom stereocenters. The molecule has 0 aliphatic rings. The van der Waals surface area contributed by atoms with Gasteiger partial charge in [-0.2, -0.15) is 0 Å². The van der Waals surface area contributed by atoms with E-state index in [4.69, 9.17) is 4.74 Å². The number of carbonyl (C=O) groups excluding carboxylic acids is 2. The molecule has 0 bridgehead atoms. The molecule has 2 amide bonds. The normalized spacial score (nSPS) is 11.8. The van der Waals surface area contributed by atoms with Crippen LogP contribution in [0.2, 0.25) is 0 Å². The lowest BCUT2D eigenvalue weighted by molar-refractivity contribution is -0.139. The van der Waals surface area contributed by atoms with Gasteiger partial charge in [-0.1, -0.05) is 72.8 Å². The zero-order chi connectivity index (χ0) is 30.1. The first-order valence-corrected chi connectivity index (χ1v) is 14.7. The summed E-state index contributed by atoms with van der Waals surface area (Å²) in [6.07, 6.45) is 0.168. The van der Waals surface area contributed by atoms with Crippen molar-refractivity contribution in [2.45, 2.75) is 23.9 Å². The Labute approximate surface area is 245 Å². The maximum Gasteiger partial charge on any atom is 0.264 e. The highest BCUT2D eigenvalue weighted by molar-refractivity contribution is 7.92. The molecule has 10 heteroatoms. The minimum absolute atomic E-state index is 0.0303. The Balaban J connectivity index is 1.80. The van der Waals surface area contributed by atoms with Crippen molar-refractivity contribution in [2.24, 2.45) is 0 Å². The van der Waals surface area contributed by atoms with Crippen LogP contribution in [0.5, 0.6) is 5.75 Å². The van der Waals surface area contributed by atoms with Crippen molar-refractivity contribution in [3.05, 3.63) is 126 Å². The summed E-state index contributed by atoms with van der Waals surface area (Å²) in [5.41, 5.74) is 1.18. The average Bonchev–Trinajstić information content (AvgIpc) is 3.02. The van der Waals surface area contributed by atoms with Crippen LogP contribution in [0, 0.1) is 5.82 Å². The number of ether oxygens (including phenoxy) is 1. The van der Waals surface area contributed by atoms with Gasteiger partial charge in [0, 0.05) is 20.0 Å². The fourth-order valence-electron chi connectivity index (χ4n) is 4.58. The van der Waals surface area contributed by atoms with Crippen molar-refractivity contribution in [3.63, 3.8) is 0 Å². The van der Waals surface area contributed by atoms with Crippen LogP contribution in [-0.2, 0) is 32.6 Å². The van der Waals surface area contributed by atoms with Crippen LogP contribution in [0.3, 0.4) is 0 Å². The lowest BCUT2D eigenvalue weighted by Crippen LogP contribution is -2.53. The van der Waals surface area contributed by atoms with Crippen LogP contribution in [-0.4, -0.2) is 51.9 Å². The van der Waals surface area contributed by atoms with Gasteiger partial charge in [0.2, 0.25) is 11.8 Å². The number of sulfonamides is 1. The van der Waals surface area contributed by atoms with Crippen LogP contribution in [0.4, 0.5) is 10.1 Å². The van der Waals surface area contributed by atoms with Gasteiger partial charge in [-0.05, 0) is 47.5 Å². The van der Waals surface area contributed by atoms with Crippen molar-refractivity contribution >= 4 is 27.5 Å². The Hall–Kier alpha value is -4.70.